The first-order valence-electron chi connectivity index (χ1n) is 10.2. The molecule has 0 saturated heterocycles. The third-order valence-corrected chi connectivity index (χ3v) is 5.26. The van der Waals surface area contributed by atoms with E-state index >= 15 is 0 Å². The predicted octanol–water partition coefficient (Wildman–Crippen LogP) is 6.48. The summed E-state index contributed by atoms with van der Waals surface area (Å²) >= 11 is 12.5. The average Bonchev–Trinajstić information content (AvgIpc) is 2.80. The average molecular weight is 487 g/mol. The first-order valence-corrected chi connectivity index (χ1v) is 11.0. The summed E-state index contributed by atoms with van der Waals surface area (Å²) in [4.78, 5) is 16.8. The van der Waals surface area contributed by atoms with Gasteiger partial charge in [0.15, 0.2) is 18.1 Å². The first-order chi connectivity index (χ1) is 15.9. The van der Waals surface area contributed by atoms with E-state index in [0.29, 0.717) is 28.1 Å². The van der Waals surface area contributed by atoms with Crippen LogP contribution >= 0.6 is 23.2 Å². The zero-order chi connectivity index (χ0) is 23.8. The molecule has 6 nitrogen and oxygen atoms in total. The fourth-order valence-electron chi connectivity index (χ4n) is 2.89. The number of aliphatic imine (C=N–C) groups is 1. The molecule has 3 aromatic carbocycles. The summed E-state index contributed by atoms with van der Waals surface area (Å²) in [6.07, 6.45) is 1.67. The van der Waals surface area contributed by atoms with Crippen molar-refractivity contribution in [1.82, 2.24) is 0 Å². The molecule has 0 saturated carbocycles. The van der Waals surface area contributed by atoms with Crippen molar-refractivity contribution in [2.75, 3.05) is 25.6 Å². The number of nitrogens with one attached hydrogen (secondary N) is 1. The number of hydrogen-bond donors (Lipinski definition) is 1. The lowest BCUT2D eigenvalue weighted by atomic mass is 10.2. The van der Waals surface area contributed by atoms with E-state index in [1.54, 1.807) is 37.6 Å². The molecule has 0 heterocycles. The van der Waals surface area contributed by atoms with Crippen LogP contribution in [0.25, 0.3) is 0 Å². The maximum Gasteiger partial charge on any atom is 0.262 e. The summed E-state index contributed by atoms with van der Waals surface area (Å²) in [7, 11) is 1.61. The second-order valence-corrected chi connectivity index (χ2v) is 7.83. The molecule has 1 amide bonds. The highest BCUT2D eigenvalue weighted by atomic mass is 35.5. The van der Waals surface area contributed by atoms with Gasteiger partial charge in [0.05, 0.1) is 24.4 Å². The van der Waals surface area contributed by atoms with Crippen molar-refractivity contribution in [1.29, 1.82) is 0 Å². The Morgan fingerprint density at radius 1 is 1.03 bits per heavy atom. The fourth-order valence-corrected chi connectivity index (χ4v) is 3.34. The number of methoxy groups -OCH3 is 1. The first kappa shape index (κ1) is 24.4. The molecule has 0 fully saturated rings. The monoisotopic (exact) mass is 486 g/mol. The van der Waals surface area contributed by atoms with Gasteiger partial charge in [-0.05, 0) is 73.5 Å². The molecule has 0 bridgehead atoms. The van der Waals surface area contributed by atoms with Gasteiger partial charge in [0, 0.05) is 16.9 Å². The highest BCUT2D eigenvalue weighted by Crippen LogP contribution is 2.36. The highest BCUT2D eigenvalue weighted by molar-refractivity contribution is 6.32. The molecule has 0 atom stereocenters. The van der Waals surface area contributed by atoms with Gasteiger partial charge in [-0.3, -0.25) is 9.79 Å². The number of anilines is 1. The van der Waals surface area contributed by atoms with Gasteiger partial charge in [0.25, 0.3) is 5.91 Å². The summed E-state index contributed by atoms with van der Waals surface area (Å²) in [5, 5.41) is 3.63. The van der Waals surface area contributed by atoms with Crippen molar-refractivity contribution in [2.45, 2.75) is 13.8 Å². The Morgan fingerprint density at radius 2 is 1.79 bits per heavy atom. The van der Waals surface area contributed by atoms with Gasteiger partial charge in [-0.25, -0.2) is 0 Å². The van der Waals surface area contributed by atoms with Crippen LogP contribution in [0.15, 0.2) is 59.6 Å². The van der Waals surface area contributed by atoms with E-state index in [1.807, 2.05) is 44.2 Å². The van der Waals surface area contributed by atoms with Crippen molar-refractivity contribution in [3.8, 4) is 17.2 Å². The summed E-state index contributed by atoms with van der Waals surface area (Å²) in [5.41, 5.74) is 3.00. The lowest BCUT2D eigenvalue weighted by Gasteiger charge is -2.14. The molecule has 33 heavy (non-hydrogen) atoms. The predicted molar refractivity (Wildman–Crippen MR) is 133 cm³/mol. The number of hydrogen-bond acceptors (Lipinski definition) is 5. The molecular formula is C25H24Cl2N2O4. The molecule has 0 radical (unpaired) electrons. The van der Waals surface area contributed by atoms with Crippen LogP contribution in [0, 0.1) is 6.92 Å². The molecule has 0 aliphatic carbocycles. The van der Waals surface area contributed by atoms with Crippen LogP contribution in [0.1, 0.15) is 18.1 Å². The van der Waals surface area contributed by atoms with Crippen LogP contribution in [0.2, 0.25) is 10.0 Å². The van der Waals surface area contributed by atoms with E-state index in [1.165, 1.54) is 0 Å². The quantitative estimate of drug-likeness (QED) is 0.351. The van der Waals surface area contributed by atoms with Crippen molar-refractivity contribution in [3.05, 3.63) is 75.8 Å². The van der Waals surface area contributed by atoms with E-state index in [2.05, 4.69) is 10.3 Å². The number of aryl methyl sites for hydroxylation is 1. The number of rotatable bonds is 9. The van der Waals surface area contributed by atoms with E-state index in [9.17, 15) is 4.79 Å². The van der Waals surface area contributed by atoms with Crippen molar-refractivity contribution >= 4 is 46.7 Å². The van der Waals surface area contributed by atoms with Gasteiger partial charge >= 0.3 is 0 Å². The second-order valence-electron chi connectivity index (χ2n) is 7.02. The summed E-state index contributed by atoms with van der Waals surface area (Å²) in [6.45, 7) is 3.90. The van der Waals surface area contributed by atoms with Gasteiger partial charge in [0.1, 0.15) is 5.75 Å². The van der Waals surface area contributed by atoms with Crippen LogP contribution < -0.4 is 19.5 Å². The minimum atomic E-state index is -0.349. The molecule has 0 aliphatic rings. The molecule has 8 heteroatoms. The van der Waals surface area contributed by atoms with Gasteiger partial charge < -0.3 is 19.5 Å². The second kappa shape index (κ2) is 11.6. The van der Waals surface area contributed by atoms with E-state index in [4.69, 9.17) is 37.4 Å². The van der Waals surface area contributed by atoms with Crippen molar-refractivity contribution in [3.63, 3.8) is 0 Å². The molecule has 0 unspecified atom stereocenters. The number of ether oxygens (including phenoxy) is 3. The SMILES string of the molecule is CCOc1cc(C=Nc2ccc(OC)cc2)cc(Cl)c1OCC(=O)Nc1ccc(C)c(Cl)c1. The topological polar surface area (TPSA) is 69.1 Å². The van der Waals surface area contributed by atoms with Gasteiger partial charge in [-0.2, -0.15) is 0 Å². The summed E-state index contributed by atoms with van der Waals surface area (Å²) in [5.74, 6) is 1.12. The van der Waals surface area contributed by atoms with E-state index < -0.39 is 0 Å². The lowest BCUT2D eigenvalue weighted by molar-refractivity contribution is -0.118. The Bertz CT molecular complexity index is 1150. The Kier molecular flexibility index (Phi) is 8.58. The van der Waals surface area contributed by atoms with Crippen LogP contribution in [0.3, 0.4) is 0 Å². The maximum absolute atomic E-state index is 12.3. The van der Waals surface area contributed by atoms with Crippen LogP contribution in [0.4, 0.5) is 11.4 Å². The zero-order valence-electron chi connectivity index (χ0n) is 18.5. The number of nitrogens with zero attached hydrogens (tertiary/aromatic N) is 1. The Hall–Kier alpha value is -3.22. The molecule has 0 spiro atoms. The van der Waals surface area contributed by atoms with Crippen LogP contribution in [0.5, 0.6) is 17.2 Å². The van der Waals surface area contributed by atoms with E-state index in [0.717, 1.165) is 22.6 Å². The molecule has 0 aromatic heterocycles. The Balaban J connectivity index is 1.71. The van der Waals surface area contributed by atoms with Crippen LogP contribution in [-0.4, -0.2) is 32.4 Å². The number of amides is 1. The number of carbonyl (C=O) groups excluding carboxylic acids is 1. The molecule has 1 N–H and O–H groups in total. The maximum atomic E-state index is 12.3. The van der Waals surface area contributed by atoms with E-state index in [-0.39, 0.29) is 18.3 Å². The summed E-state index contributed by atoms with van der Waals surface area (Å²) < 4.78 is 16.5. The standard InChI is InChI=1S/C25H24Cl2N2O4/c1-4-32-23-12-17(14-28-18-7-9-20(31-3)10-8-18)11-22(27)25(23)33-15-24(30)29-19-6-5-16(2)21(26)13-19/h5-14H,4,15H2,1-3H3,(H,29,30). The van der Waals surface area contributed by atoms with Gasteiger partial charge in [-0.15, -0.1) is 0 Å². The molecule has 3 aromatic rings. The third kappa shape index (κ3) is 6.88. The Labute approximate surface area is 203 Å². The van der Waals surface area contributed by atoms with Crippen molar-refractivity contribution < 1.29 is 19.0 Å². The Morgan fingerprint density at radius 3 is 2.45 bits per heavy atom. The summed E-state index contributed by atoms with van der Waals surface area (Å²) in [6, 6.07) is 16.1. The number of benzene rings is 3. The highest BCUT2D eigenvalue weighted by Gasteiger charge is 2.14. The molecule has 3 rings (SSSR count). The minimum absolute atomic E-state index is 0.245. The molecular weight excluding hydrogens is 463 g/mol. The minimum Gasteiger partial charge on any atom is -0.497 e. The largest absolute Gasteiger partial charge is 0.497 e. The van der Waals surface area contributed by atoms with Crippen molar-refractivity contribution in [2.24, 2.45) is 4.99 Å². The van der Waals surface area contributed by atoms with Crippen LogP contribution in [-0.2, 0) is 4.79 Å². The van der Waals surface area contributed by atoms with Gasteiger partial charge in [-0.1, -0.05) is 29.3 Å². The number of halogens is 2. The third-order valence-electron chi connectivity index (χ3n) is 4.57. The fraction of sp³-hybridized carbons (Fsp3) is 0.200. The normalized spacial score (nSPS) is 10.8. The zero-order valence-corrected chi connectivity index (χ0v) is 20.0. The van der Waals surface area contributed by atoms with Gasteiger partial charge in [0.2, 0.25) is 0 Å². The molecule has 0 aliphatic heterocycles. The lowest BCUT2D eigenvalue weighted by Crippen LogP contribution is -2.20. The number of carbonyl (C=O) groups is 1. The molecule has 172 valence electrons. The smallest absolute Gasteiger partial charge is 0.262 e.